The van der Waals surface area contributed by atoms with E-state index in [4.69, 9.17) is 5.26 Å². The third kappa shape index (κ3) is 3.96. The number of carbonyl (C=O) groups excluding carboxylic acids is 2. The van der Waals surface area contributed by atoms with Crippen LogP contribution < -0.4 is 10.6 Å². The molecule has 2 amide bonds. The number of carbonyl (C=O) groups is 2. The average molecular weight is 322 g/mol. The van der Waals surface area contributed by atoms with Gasteiger partial charge in [0.15, 0.2) is 0 Å². The number of aromatic nitrogens is 1. The van der Waals surface area contributed by atoms with Gasteiger partial charge in [-0.05, 0) is 49.6 Å². The summed E-state index contributed by atoms with van der Waals surface area (Å²) in [5.41, 5.74) is 3.55. The van der Waals surface area contributed by atoms with Gasteiger partial charge in [0.25, 0.3) is 0 Å². The number of rotatable bonds is 3. The molecule has 2 rings (SSSR count). The Balaban J connectivity index is 2.01. The molecule has 0 aliphatic heterocycles. The number of aryl methyl sites for hydroxylation is 1. The lowest BCUT2D eigenvalue weighted by Crippen LogP contribution is -2.37. The Labute approximate surface area is 140 Å². The molecular formula is C18H18N4O2. The predicted octanol–water partition coefficient (Wildman–Crippen LogP) is 2.39. The van der Waals surface area contributed by atoms with Gasteiger partial charge in [-0.2, -0.15) is 5.26 Å². The van der Waals surface area contributed by atoms with Crippen LogP contribution in [0.25, 0.3) is 0 Å². The summed E-state index contributed by atoms with van der Waals surface area (Å²) in [4.78, 5) is 27.9. The molecule has 6 nitrogen and oxygen atoms in total. The molecule has 122 valence electrons. The zero-order chi connectivity index (χ0) is 17.7. The summed E-state index contributed by atoms with van der Waals surface area (Å²) in [6.45, 7) is 5.80. The minimum absolute atomic E-state index is 0.216. The highest BCUT2D eigenvalue weighted by atomic mass is 16.2. The number of benzene rings is 1. The van der Waals surface area contributed by atoms with Gasteiger partial charge in [-0.1, -0.05) is 18.2 Å². The van der Waals surface area contributed by atoms with Crippen molar-refractivity contribution in [2.45, 2.75) is 26.8 Å². The Kier molecular flexibility index (Phi) is 5.27. The first-order chi connectivity index (χ1) is 11.4. The Morgan fingerprint density at radius 1 is 1.17 bits per heavy atom. The second-order valence-electron chi connectivity index (χ2n) is 5.48. The number of nitrogens with zero attached hydrogens (tertiary/aromatic N) is 2. The van der Waals surface area contributed by atoms with E-state index in [1.54, 1.807) is 0 Å². The molecule has 0 saturated carbocycles. The molecule has 0 aliphatic rings. The van der Waals surface area contributed by atoms with Gasteiger partial charge in [0.1, 0.15) is 11.9 Å². The summed E-state index contributed by atoms with van der Waals surface area (Å²) >= 11 is 0. The molecule has 2 aromatic rings. The Morgan fingerprint density at radius 3 is 2.54 bits per heavy atom. The van der Waals surface area contributed by atoms with Crippen LogP contribution in [-0.4, -0.2) is 16.8 Å². The van der Waals surface area contributed by atoms with Crippen LogP contribution in [0.4, 0.5) is 5.82 Å². The standard InChI is InChI=1S/C18H18N4O2/c1-11-5-4-6-15(12(11)2)13(3)21-17(23)18(24)22-16-8-7-14(9-19)10-20-16/h4-8,10,13H,1-3H3,(H,21,23)(H,20,22,24)/t13-/m1/s1. The molecule has 2 N–H and O–H groups in total. The number of pyridine rings is 1. The number of amides is 2. The van der Waals surface area contributed by atoms with E-state index >= 15 is 0 Å². The highest BCUT2D eigenvalue weighted by Gasteiger charge is 2.18. The molecule has 0 bridgehead atoms. The van der Waals surface area contributed by atoms with Crippen LogP contribution in [0, 0.1) is 25.2 Å². The van der Waals surface area contributed by atoms with Crippen LogP contribution >= 0.6 is 0 Å². The molecule has 0 radical (unpaired) electrons. The molecule has 6 heteroatoms. The molecule has 0 saturated heterocycles. The van der Waals surface area contributed by atoms with Gasteiger partial charge in [0.2, 0.25) is 0 Å². The molecule has 0 unspecified atom stereocenters. The zero-order valence-electron chi connectivity index (χ0n) is 13.8. The Hall–Kier alpha value is -3.20. The molecule has 0 spiro atoms. The minimum atomic E-state index is -0.802. The van der Waals surface area contributed by atoms with Gasteiger partial charge in [-0.25, -0.2) is 4.98 Å². The van der Waals surface area contributed by atoms with Gasteiger partial charge >= 0.3 is 11.8 Å². The van der Waals surface area contributed by atoms with E-state index in [0.29, 0.717) is 5.56 Å². The fraction of sp³-hybridized carbons (Fsp3) is 0.222. The maximum Gasteiger partial charge on any atom is 0.314 e. The van der Waals surface area contributed by atoms with E-state index < -0.39 is 11.8 Å². The summed E-state index contributed by atoms with van der Waals surface area (Å²) in [5.74, 6) is -1.33. The van der Waals surface area contributed by atoms with E-state index in [1.165, 1.54) is 18.3 Å². The van der Waals surface area contributed by atoms with Crippen molar-refractivity contribution < 1.29 is 9.59 Å². The smallest absolute Gasteiger partial charge is 0.314 e. The number of anilines is 1. The number of nitriles is 1. The van der Waals surface area contributed by atoms with E-state index in [2.05, 4.69) is 15.6 Å². The number of hydrogen-bond acceptors (Lipinski definition) is 4. The number of hydrogen-bond donors (Lipinski definition) is 2. The van der Waals surface area contributed by atoms with Crippen molar-refractivity contribution in [1.29, 1.82) is 5.26 Å². The zero-order valence-corrected chi connectivity index (χ0v) is 13.8. The molecule has 0 fully saturated rings. The van der Waals surface area contributed by atoms with E-state index in [-0.39, 0.29) is 11.9 Å². The predicted molar refractivity (Wildman–Crippen MR) is 90.1 cm³/mol. The van der Waals surface area contributed by atoms with Gasteiger partial charge < -0.3 is 10.6 Å². The van der Waals surface area contributed by atoms with Crippen LogP contribution in [0.3, 0.4) is 0 Å². The van der Waals surface area contributed by atoms with Crippen LogP contribution in [0.5, 0.6) is 0 Å². The lowest BCUT2D eigenvalue weighted by molar-refractivity contribution is -0.136. The molecule has 0 aliphatic carbocycles. The monoisotopic (exact) mass is 322 g/mol. The van der Waals surface area contributed by atoms with Crippen molar-refractivity contribution in [2.24, 2.45) is 0 Å². The summed E-state index contributed by atoms with van der Waals surface area (Å²) in [5, 5.41) is 13.8. The first kappa shape index (κ1) is 17.2. The minimum Gasteiger partial charge on any atom is -0.341 e. The maximum absolute atomic E-state index is 12.0. The number of nitrogens with one attached hydrogen (secondary N) is 2. The first-order valence-electron chi connectivity index (χ1n) is 7.46. The largest absolute Gasteiger partial charge is 0.341 e. The van der Waals surface area contributed by atoms with Crippen molar-refractivity contribution in [3.63, 3.8) is 0 Å². The van der Waals surface area contributed by atoms with Crippen molar-refractivity contribution in [3.8, 4) is 6.07 Å². The fourth-order valence-corrected chi connectivity index (χ4v) is 2.29. The van der Waals surface area contributed by atoms with E-state index in [9.17, 15) is 9.59 Å². The highest BCUT2D eigenvalue weighted by Crippen LogP contribution is 2.19. The third-order valence-electron chi connectivity index (χ3n) is 3.80. The molecule has 1 atom stereocenters. The van der Waals surface area contributed by atoms with Crippen molar-refractivity contribution >= 4 is 17.6 Å². The first-order valence-corrected chi connectivity index (χ1v) is 7.46. The lowest BCUT2D eigenvalue weighted by atomic mass is 9.98. The van der Waals surface area contributed by atoms with Gasteiger partial charge in [-0.3, -0.25) is 9.59 Å². The van der Waals surface area contributed by atoms with Crippen molar-refractivity contribution in [3.05, 3.63) is 58.8 Å². The molecule has 1 aromatic heterocycles. The van der Waals surface area contributed by atoms with Crippen LogP contribution in [0.2, 0.25) is 0 Å². The molecule has 24 heavy (non-hydrogen) atoms. The SMILES string of the molecule is Cc1cccc([C@@H](C)NC(=O)C(=O)Nc2ccc(C#N)cn2)c1C. The Bertz CT molecular complexity index is 807. The van der Waals surface area contributed by atoms with Crippen molar-refractivity contribution in [1.82, 2.24) is 10.3 Å². The fourth-order valence-electron chi connectivity index (χ4n) is 2.29. The van der Waals surface area contributed by atoms with Crippen LogP contribution in [0.1, 0.15) is 35.2 Å². The Morgan fingerprint density at radius 2 is 1.92 bits per heavy atom. The van der Waals surface area contributed by atoms with E-state index in [0.717, 1.165) is 16.7 Å². The second kappa shape index (κ2) is 7.38. The van der Waals surface area contributed by atoms with Crippen molar-refractivity contribution in [2.75, 3.05) is 5.32 Å². The molecular weight excluding hydrogens is 304 g/mol. The normalized spacial score (nSPS) is 11.2. The van der Waals surface area contributed by atoms with Gasteiger partial charge in [0, 0.05) is 6.20 Å². The second-order valence-corrected chi connectivity index (χ2v) is 5.48. The highest BCUT2D eigenvalue weighted by molar-refractivity contribution is 6.39. The van der Waals surface area contributed by atoms with Gasteiger partial charge in [-0.15, -0.1) is 0 Å². The summed E-state index contributed by atoms with van der Waals surface area (Å²) < 4.78 is 0. The quantitative estimate of drug-likeness (QED) is 0.848. The van der Waals surface area contributed by atoms with Crippen LogP contribution in [0.15, 0.2) is 36.5 Å². The summed E-state index contributed by atoms with van der Waals surface area (Å²) in [7, 11) is 0. The van der Waals surface area contributed by atoms with E-state index in [1.807, 2.05) is 45.0 Å². The van der Waals surface area contributed by atoms with Gasteiger partial charge in [0.05, 0.1) is 11.6 Å². The summed E-state index contributed by atoms with van der Waals surface area (Å²) in [6, 6.07) is 10.5. The maximum atomic E-state index is 12.0. The third-order valence-corrected chi connectivity index (χ3v) is 3.80. The van der Waals surface area contributed by atoms with Crippen LogP contribution in [-0.2, 0) is 9.59 Å². The summed E-state index contributed by atoms with van der Waals surface area (Å²) in [6.07, 6.45) is 1.33. The topological polar surface area (TPSA) is 94.9 Å². The lowest BCUT2D eigenvalue weighted by Gasteiger charge is -2.17. The molecule has 1 aromatic carbocycles. The average Bonchev–Trinajstić information content (AvgIpc) is 2.57. The molecule has 1 heterocycles.